The number of carboxylic acids is 1. The molecule has 0 aliphatic carbocycles. The first-order chi connectivity index (χ1) is 9.74. The average Bonchev–Trinajstić information content (AvgIpc) is 2.78. The lowest BCUT2D eigenvalue weighted by Crippen LogP contribution is -2.16. The van der Waals surface area contributed by atoms with Crippen molar-refractivity contribution in [2.45, 2.75) is 18.7 Å². The van der Waals surface area contributed by atoms with Crippen LogP contribution >= 0.6 is 27.3 Å². The third-order valence-corrected chi connectivity index (χ3v) is 6.64. The van der Waals surface area contributed by atoms with Crippen molar-refractivity contribution in [1.29, 1.82) is 0 Å². The van der Waals surface area contributed by atoms with Gasteiger partial charge in [0.05, 0.1) is 5.69 Å². The average molecular weight is 390 g/mol. The highest BCUT2D eigenvalue weighted by molar-refractivity contribution is 9.10. The van der Waals surface area contributed by atoms with Crippen molar-refractivity contribution in [2.24, 2.45) is 0 Å². The van der Waals surface area contributed by atoms with E-state index in [0.717, 1.165) is 16.9 Å². The SMILES string of the molecule is Cc1cccc(NS(=O)(=O)c2c(C)csc2C(=O)O)c1Br. The number of halogens is 1. The number of aromatic carboxylic acids is 1. The first-order valence-electron chi connectivity index (χ1n) is 5.83. The summed E-state index contributed by atoms with van der Waals surface area (Å²) in [5.74, 6) is -1.25. The summed E-state index contributed by atoms with van der Waals surface area (Å²) in [4.78, 5) is 10.8. The standard InChI is InChI=1S/C13H12BrNO4S2/c1-7-4-3-5-9(10(7)14)15-21(18,19)12-8(2)6-20-11(12)13(16)17/h3-6,15H,1-2H3,(H,16,17). The zero-order valence-electron chi connectivity index (χ0n) is 11.2. The van der Waals surface area contributed by atoms with Crippen molar-refractivity contribution in [3.8, 4) is 0 Å². The molecule has 0 aliphatic rings. The van der Waals surface area contributed by atoms with E-state index >= 15 is 0 Å². The minimum atomic E-state index is -3.97. The van der Waals surface area contributed by atoms with Crippen molar-refractivity contribution in [3.05, 3.63) is 44.1 Å². The Labute approximate surface area is 134 Å². The fourth-order valence-corrected chi connectivity index (χ4v) is 5.04. The predicted octanol–water partition coefficient (Wildman–Crippen LogP) is 3.63. The summed E-state index contributed by atoms with van der Waals surface area (Å²) in [6.45, 7) is 3.41. The minimum absolute atomic E-state index is 0.187. The van der Waals surface area contributed by atoms with Crippen LogP contribution in [0.3, 0.4) is 0 Å². The summed E-state index contributed by atoms with van der Waals surface area (Å²) < 4.78 is 28.0. The first-order valence-corrected chi connectivity index (χ1v) is 8.99. The summed E-state index contributed by atoms with van der Waals surface area (Å²) >= 11 is 4.22. The normalized spacial score (nSPS) is 11.4. The van der Waals surface area contributed by atoms with Crippen LogP contribution in [0.25, 0.3) is 0 Å². The van der Waals surface area contributed by atoms with Crippen LogP contribution in [0.4, 0.5) is 5.69 Å². The van der Waals surface area contributed by atoms with Gasteiger partial charge in [0.1, 0.15) is 9.77 Å². The molecule has 1 heterocycles. The second-order valence-corrected chi connectivity index (χ2v) is 7.72. The number of carbonyl (C=O) groups is 1. The van der Waals surface area contributed by atoms with Gasteiger partial charge in [0.2, 0.25) is 0 Å². The Balaban J connectivity index is 2.51. The zero-order chi connectivity index (χ0) is 15.8. The van der Waals surface area contributed by atoms with E-state index < -0.39 is 16.0 Å². The molecule has 5 nitrogen and oxygen atoms in total. The van der Waals surface area contributed by atoms with E-state index in [1.165, 1.54) is 5.38 Å². The molecule has 21 heavy (non-hydrogen) atoms. The summed E-state index contributed by atoms with van der Waals surface area (Å²) in [7, 11) is -3.97. The highest BCUT2D eigenvalue weighted by Gasteiger charge is 2.27. The maximum absolute atomic E-state index is 12.5. The van der Waals surface area contributed by atoms with Crippen LogP contribution in [0.15, 0.2) is 32.9 Å². The number of nitrogens with one attached hydrogen (secondary N) is 1. The number of sulfonamides is 1. The molecule has 1 aromatic heterocycles. The Bertz CT molecular complexity index is 812. The van der Waals surface area contributed by atoms with Crippen LogP contribution in [-0.2, 0) is 10.0 Å². The Kier molecular flexibility index (Phi) is 4.40. The molecule has 0 fully saturated rings. The number of anilines is 1. The number of hydrogen-bond acceptors (Lipinski definition) is 4. The summed E-state index contributed by atoms with van der Waals surface area (Å²) in [5, 5.41) is 10.6. The van der Waals surface area contributed by atoms with Gasteiger partial charge in [0.25, 0.3) is 10.0 Å². The number of rotatable bonds is 4. The Morgan fingerprint density at radius 1 is 1.29 bits per heavy atom. The third-order valence-electron chi connectivity index (χ3n) is 2.82. The van der Waals surface area contributed by atoms with E-state index in [-0.39, 0.29) is 9.77 Å². The lowest BCUT2D eigenvalue weighted by molar-refractivity contribution is 0.0698. The van der Waals surface area contributed by atoms with Crippen molar-refractivity contribution in [1.82, 2.24) is 0 Å². The predicted molar refractivity (Wildman–Crippen MR) is 85.7 cm³/mol. The van der Waals surface area contributed by atoms with Crippen LogP contribution in [-0.4, -0.2) is 19.5 Å². The van der Waals surface area contributed by atoms with Gasteiger partial charge in [-0.3, -0.25) is 4.72 Å². The van der Waals surface area contributed by atoms with Gasteiger partial charge in [0.15, 0.2) is 0 Å². The molecule has 0 aliphatic heterocycles. The number of aryl methyl sites for hydroxylation is 2. The molecule has 2 N–H and O–H groups in total. The Morgan fingerprint density at radius 2 is 1.95 bits per heavy atom. The number of thiophene rings is 1. The van der Waals surface area contributed by atoms with Crippen molar-refractivity contribution < 1.29 is 18.3 Å². The minimum Gasteiger partial charge on any atom is -0.477 e. The summed E-state index contributed by atoms with van der Waals surface area (Å²) in [6, 6.07) is 5.16. The molecule has 2 rings (SSSR count). The fraction of sp³-hybridized carbons (Fsp3) is 0.154. The lowest BCUT2D eigenvalue weighted by atomic mass is 10.2. The van der Waals surface area contributed by atoms with E-state index in [4.69, 9.17) is 5.11 Å². The quantitative estimate of drug-likeness (QED) is 0.835. The molecule has 0 amide bonds. The second kappa shape index (κ2) is 5.78. The molecule has 8 heteroatoms. The van der Waals surface area contributed by atoms with E-state index in [1.807, 2.05) is 13.0 Å². The molecule has 0 saturated carbocycles. The topological polar surface area (TPSA) is 83.5 Å². The van der Waals surface area contributed by atoms with E-state index in [1.54, 1.807) is 19.1 Å². The van der Waals surface area contributed by atoms with Crippen LogP contribution in [0.2, 0.25) is 0 Å². The van der Waals surface area contributed by atoms with Gasteiger partial charge in [-0.15, -0.1) is 11.3 Å². The van der Waals surface area contributed by atoms with Gasteiger partial charge < -0.3 is 5.11 Å². The molecule has 0 radical (unpaired) electrons. The van der Waals surface area contributed by atoms with Crippen molar-refractivity contribution in [3.63, 3.8) is 0 Å². The largest absolute Gasteiger partial charge is 0.477 e. The van der Waals surface area contributed by atoms with E-state index in [0.29, 0.717) is 15.7 Å². The molecule has 1 aromatic carbocycles. The molecule has 0 atom stereocenters. The molecular weight excluding hydrogens is 378 g/mol. The van der Waals surface area contributed by atoms with Crippen molar-refractivity contribution in [2.75, 3.05) is 4.72 Å². The van der Waals surface area contributed by atoms with Crippen LogP contribution < -0.4 is 4.72 Å². The molecule has 0 saturated heterocycles. The maximum Gasteiger partial charge on any atom is 0.347 e. The van der Waals surface area contributed by atoms with Gasteiger partial charge in [-0.1, -0.05) is 12.1 Å². The first kappa shape index (κ1) is 16.0. The van der Waals surface area contributed by atoms with Gasteiger partial charge in [0, 0.05) is 4.47 Å². The molecule has 112 valence electrons. The van der Waals surface area contributed by atoms with Gasteiger partial charge in [-0.25, -0.2) is 13.2 Å². The number of carboxylic acid groups (broad SMARTS) is 1. The molecular formula is C13H12BrNO4S2. The van der Waals surface area contributed by atoms with Gasteiger partial charge in [-0.05, 0) is 52.4 Å². The zero-order valence-corrected chi connectivity index (χ0v) is 14.4. The molecule has 2 aromatic rings. The molecule has 0 unspecified atom stereocenters. The van der Waals surface area contributed by atoms with Crippen molar-refractivity contribution >= 4 is 48.9 Å². The van der Waals surface area contributed by atoms with E-state index in [2.05, 4.69) is 20.7 Å². The monoisotopic (exact) mass is 389 g/mol. The maximum atomic E-state index is 12.5. The number of hydrogen-bond donors (Lipinski definition) is 2. The molecule has 0 bridgehead atoms. The van der Waals surface area contributed by atoms with Gasteiger partial charge in [-0.2, -0.15) is 0 Å². The number of benzene rings is 1. The van der Waals surface area contributed by atoms with E-state index in [9.17, 15) is 13.2 Å². The Hall–Kier alpha value is -1.38. The summed E-state index contributed by atoms with van der Waals surface area (Å²) in [6.07, 6.45) is 0. The summed E-state index contributed by atoms with van der Waals surface area (Å²) in [5.41, 5.74) is 1.65. The highest BCUT2D eigenvalue weighted by atomic mass is 79.9. The van der Waals surface area contributed by atoms with Crippen LogP contribution in [0, 0.1) is 13.8 Å². The van der Waals surface area contributed by atoms with Gasteiger partial charge >= 0.3 is 5.97 Å². The fourth-order valence-electron chi connectivity index (χ4n) is 1.84. The van der Waals surface area contributed by atoms with Crippen LogP contribution in [0.5, 0.6) is 0 Å². The smallest absolute Gasteiger partial charge is 0.347 e. The third kappa shape index (κ3) is 3.12. The van der Waals surface area contributed by atoms with Crippen LogP contribution in [0.1, 0.15) is 20.8 Å². The lowest BCUT2D eigenvalue weighted by Gasteiger charge is -2.11. The molecule has 0 spiro atoms. The highest BCUT2D eigenvalue weighted by Crippen LogP contribution is 2.32. The Morgan fingerprint density at radius 3 is 2.57 bits per heavy atom. The second-order valence-electron chi connectivity index (χ2n) is 4.42.